The highest BCUT2D eigenvalue weighted by Gasteiger charge is 2.21. The van der Waals surface area contributed by atoms with Gasteiger partial charge in [0.15, 0.2) is 0 Å². The first-order valence-electron chi connectivity index (χ1n) is 9.14. The summed E-state index contributed by atoms with van der Waals surface area (Å²) >= 11 is 6.05. The van der Waals surface area contributed by atoms with E-state index in [9.17, 15) is 4.79 Å². The second-order valence-corrected chi connectivity index (χ2v) is 7.92. The molecule has 26 heavy (non-hydrogen) atoms. The normalized spacial score (nSPS) is 16.5. The molecule has 1 N–H and O–H groups in total. The lowest BCUT2D eigenvalue weighted by Gasteiger charge is -2.19. The summed E-state index contributed by atoms with van der Waals surface area (Å²) in [6.07, 6.45) is 3.42. The van der Waals surface area contributed by atoms with E-state index in [1.54, 1.807) is 4.90 Å². The fourth-order valence-electron chi connectivity index (χ4n) is 3.93. The Hall–Kier alpha value is -2.26. The first-order chi connectivity index (χ1) is 12.5. The van der Waals surface area contributed by atoms with E-state index in [0.29, 0.717) is 17.5 Å². The van der Waals surface area contributed by atoms with Gasteiger partial charge in [-0.05, 0) is 66.6 Å². The molecule has 4 rings (SSSR count). The molecular weight excluding hydrogens is 344 g/mol. The quantitative estimate of drug-likeness (QED) is 0.677. The molecule has 0 aliphatic heterocycles. The van der Waals surface area contributed by atoms with Gasteiger partial charge in [-0.2, -0.15) is 0 Å². The van der Waals surface area contributed by atoms with Gasteiger partial charge in [-0.1, -0.05) is 30.7 Å². The molecule has 4 heteroatoms. The van der Waals surface area contributed by atoms with Crippen LogP contribution in [0.15, 0.2) is 42.5 Å². The van der Waals surface area contributed by atoms with Crippen LogP contribution < -0.4 is 0 Å². The Morgan fingerprint density at radius 1 is 1.27 bits per heavy atom. The number of hydrogen-bond acceptors (Lipinski definition) is 1. The van der Waals surface area contributed by atoms with Crippen LogP contribution >= 0.6 is 11.6 Å². The van der Waals surface area contributed by atoms with Gasteiger partial charge in [-0.25, -0.2) is 0 Å². The molecule has 1 aromatic heterocycles. The smallest absolute Gasteiger partial charge is 0.253 e. The Bertz CT molecular complexity index is 975. The Morgan fingerprint density at radius 2 is 2.12 bits per heavy atom. The second kappa shape index (κ2) is 6.81. The van der Waals surface area contributed by atoms with Crippen LogP contribution in [0, 0.1) is 5.92 Å². The minimum atomic E-state index is 0.0330. The third-order valence-electron chi connectivity index (χ3n) is 5.34. The number of H-pyrrole nitrogens is 1. The van der Waals surface area contributed by atoms with Crippen LogP contribution in [0.2, 0.25) is 5.02 Å². The predicted molar refractivity (Wildman–Crippen MR) is 107 cm³/mol. The fraction of sp³-hybridized carbons (Fsp3) is 0.318. The summed E-state index contributed by atoms with van der Waals surface area (Å²) in [4.78, 5) is 18.2. The highest BCUT2D eigenvalue weighted by atomic mass is 35.5. The monoisotopic (exact) mass is 366 g/mol. The van der Waals surface area contributed by atoms with E-state index in [1.165, 1.54) is 23.1 Å². The van der Waals surface area contributed by atoms with Crippen LogP contribution in [-0.4, -0.2) is 22.8 Å². The number of nitrogens with one attached hydrogen (secondary N) is 1. The van der Waals surface area contributed by atoms with Gasteiger partial charge in [0, 0.05) is 40.8 Å². The molecule has 0 radical (unpaired) electrons. The molecule has 1 unspecified atom stereocenters. The third-order valence-corrected chi connectivity index (χ3v) is 5.57. The topological polar surface area (TPSA) is 36.1 Å². The van der Waals surface area contributed by atoms with E-state index in [4.69, 9.17) is 11.6 Å². The van der Waals surface area contributed by atoms with Gasteiger partial charge in [-0.15, -0.1) is 0 Å². The molecule has 2 aromatic carbocycles. The first-order valence-corrected chi connectivity index (χ1v) is 9.52. The minimum Gasteiger partial charge on any atom is -0.358 e. The molecule has 3 aromatic rings. The van der Waals surface area contributed by atoms with E-state index in [-0.39, 0.29) is 5.91 Å². The van der Waals surface area contributed by atoms with E-state index in [1.807, 2.05) is 43.4 Å². The molecular formula is C22H23ClN2O. The number of amides is 1. The van der Waals surface area contributed by atoms with Gasteiger partial charge in [0.2, 0.25) is 0 Å². The fourth-order valence-corrected chi connectivity index (χ4v) is 4.14. The van der Waals surface area contributed by atoms with Crippen molar-refractivity contribution in [2.24, 2.45) is 5.92 Å². The Balaban J connectivity index is 1.61. The molecule has 134 valence electrons. The summed E-state index contributed by atoms with van der Waals surface area (Å²) in [6.45, 7) is 2.84. The zero-order chi connectivity index (χ0) is 18.3. The molecule has 0 saturated carbocycles. The Labute approximate surface area is 159 Å². The minimum absolute atomic E-state index is 0.0330. The van der Waals surface area contributed by atoms with Crippen molar-refractivity contribution in [1.29, 1.82) is 0 Å². The standard InChI is InChI=1S/C22H23ClN2O/c1-14-6-8-20-18(10-14)19-12-16(7-9-21(19)24-20)22(26)25(2)13-15-4-3-5-17(23)11-15/h3-5,7,9,11-12,14,24H,6,8,10,13H2,1-2H3. The average Bonchev–Trinajstić information content (AvgIpc) is 2.98. The lowest BCUT2D eigenvalue weighted by Crippen LogP contribution is -2.26. The van der Waals surface area contributed by atoms with Crippen LogP contribution in [0.4, 0.5) is 0 Å². The van der Waals surface area contributed by atoms with Crippen molar-refractivity contribution in [3.63, 3.8) is 0 Å². The zero-order valence-electron chi connectivity index (χ0n) is 15.2. The number of benzene rings is 2. The van der Waals surface area contributed by atoms with Gasteiger partial charge in [-0.3, -0.25) is 4.79 Å². The number of aromatic nitrogens is 1. The van der Waals surface area contributed by atoms with E-state index in [0.717, 1.165) is 29.5 Å². The lowest BCUT2D eigenvalue weighted by atomic mass is 9.87. The van der Waals surface area contributed by atoms with Crippen LogP contribution in [0.5, 0.6) is 0 Å². The summed E-state index contributed by atoms with van der Waals surface area (Å²) in [5.41, 5.74) is 5.64. The molecule has 3 nitrogen and oxygen atoms in total. The summed E-state index contributed by atoms with van der Waals surface area (Å²) in [6, 6.07) is 13.7. The van der Waals surface area contributed by atoms with Crippen molar-refractivity contribution in [3.8, 4) is 0 Å². The molecule has 1 aliphatic rings. The zero-order valence-corrected chi connectivity index (χ0v) is 15.9. The van der Waals surface area contributed by atoms with Gasteiger partial charge < -0.3 is 9.88 Å². The summed E-state index contributed by atoms with van der Waals surface area (Å²) in [5, 5.41) is 1.89. The molecule has 0 bridgehead atoms. The molecule has 1 aliphatic carbocycles. The molecule has 0 spiro atoms. The number of carbonyl (C=O) groups is 1. The van der Waals surface area contributed by atoms with Gasteiger partial charge in [0.1, 0.15) is 0 Å². The van der Waals surface area contributed by atoms with Crippen LogP contribution in [0.1, 0.15) is 40.5 Å². The summed E-state index contributed by atoms with van der Waals surface area (Å²) < 4.78 is 0. The second-order valence-electron chi connectivity index (χ2n) is 7.48. The SMILES string of the molecule is CC1CCc2[nH]c3ccc(C(=O)N(C)Cc4cccc(Cl)c4)cc3c2C1. The van der Waals surface area contributed by atoms with Crippen molar-refractivity contribution >= 4 is 28.4 Å². The number of fused-ring (bicyclic) bond motifs is 3. The van der Waals surface area contributed by atoms with Crippen molar-refractivity contribution < 1.29 is 4.79 Å². The maximum Gasteiger partial charge on any atom is 0.253 e. The number of carbonyl (C=O) groups excluding carboxylic acids is 1. The lowest BCUT2D eigenvalue weighted by molar-refractivity contribution is 0.0785. The van der Waals surface area contributed by atoms with Crippen LogP contribution in [0.25, 0.3) is 10.9 Å². The Kier molecular flexibility index (Phi) is 4.49. The van der Waals surface area contributed by atoms with E-state index in [2.05, 4.69) is 18.0 Å². The summed E-state index contributed by atoms with van der Waals surface area (Å²) in [7, 11) is 1.84. The molecule has 0 saturated heterocycles. The van der Waals surface area contributed by atoms with Crippen LogP contribution in [-0.2, 0) is 19.4 Å². The molecule has 0 fully saturated rings. The van der Waals surface area contributed by atoms with Gasteiger partial charge >= 0.3 is 0 Å². The van der Waals surface area contributed by atoms with Crippen molar-refractivity contribution in [3.05, 3.63) is 69.9 Å². The molecule has 1 amide bonds. The number of hydrogen-bond donors (Lipinski definition) is 1. The van der Waals surface area contributed by atoms with Crippen molar-refractivity contribution in [2.75, 3.05) is 7.05 Å². The number of aromatic amines is 1. The highest BCUT2D eigenvalue weighted by Crippen LogP contribution is 2.32. The summed E-state index contributed by atoms with van der Waals surface area (Å²) in [5.74, 6) is 0.733. The number of aryl methyl sites for hydroxylation is 1. The third kappa shape index (κ3) is 3.24. The van der Waals surface area contributed by atoms with E-state index >= 15 is 0 Å². The van der Waals surface area contributed by atoms with Crippen LogP contribution in [0.3, 0.4) is 0 Å². The largest absolute Gasteiger partial charge is 0.358 e. The molecule has 1 atom stereocenters. The van der Waals surface area contributed by atoms with Gasteiger partial charge in [0.05, 0.1) is 0 Å². The number of nitrogens with zero attached hydrogens (tertiary/aromatic N) is 1. The van der Waals surface area contributed by atoms with Gasteiger partial charge in [0.25, 0.3) is 5.91 Å². The van der Waals surface area contributed by atoms with Crippen molar-refractivity contribution in [2.45, 2.75) is 32.7 Å². The van der Waals surface area contributed by atoms with E-state index < -0.39 is 0 Å². The Morgan fingerprint density at radius 3 is 2.92 bits per heavy atom. The highest BCUT2D eigenvalue weighted by molar-refractivity contribution is 6.30. The average molecular weight is 367 g/mol. The number of halogens is 1. The maximum atomic E-state index is 12.9. The predicted octanol–water partition coefficient (Wildman–Crippen LogP) is 5.22. The maximum absolute atomic E-state index is 12.9. The molecule has 1 heterocycles. The first kappa shape index (κ1) is 17.2. The number of rotatable bonds is 3. The van der Waals surface area contributed by atoms with Crippen molar-refractivity contribution in [1.82, 2.24) is 9.88 Å².